The van der Waals surface area contributed by atoms with Gasteiger partial charge in [-0.2, -0.15) is 0 Å². The van der Waals surface area contributed by atoms with E-state index >= 15 is 0 Å². The molecule has 0 aromatic carbocycles. The molecule has 1 amide bonds. The number of hydrogen-bond acceptors (Lipinski definition) is 3. The second kappa shape index (κ2) is 7.07. The third kappa shape index (κ3) is 3.84. The Kier molecular flexibility index (Phi) is 5.39. The van der Waals surface area contributed by atoms with Crippen molar-refractivity contribution >= 4 is 23.2 Å². The Morgan fingerprint density at radius 2 is 2.14 bits per heavy atom. The molecule has 1 fully saturated rings. The summed E-state index contributed by atoms with van der Waals surface area (Å²) in [4.78, 5) is 25.0. The highest BCUT2D eigenvalue weighted by Gasteiger charge is 2.43. The summed E-state index contributed by atoms with van der Waals surface area (Å²) in [6.07, 6.45) is 5.01. The highest BCUT2D eigenvalue weighted by atomic mass is 32.1. The van der Waals surface area contributed by atoms with Crippen molar-refractivity contribution in [3.63, 3.8) is 0 Å². The molecule has 0 aliphatic heterocycles. The molecule has 1 aromatic rings. The van der Waals surface area contributed by atoms with Gasteiger partial charge in [0.25, 0.3) is 0 Å². The van der Waals surface area contributed by atoms with E-state index < -0.39 is 11.4 Å². The van der Waals surface area contributed by atoms with Gasteiger partial charge in [-0.25, -0.2) is 0 Å². The first-order valence-corrected chi connectivity index (χ1v) is 8.51. The number of carboxylic acid groups (broad SMARTS) is 1. The van der Waals surface area contributed by atoms with Crippen LogP contribution in [-0.2, 0) is 9.59 Å². The van der Waals surface area contributed by atoms with Crippen molar-refractivity contribution in [1.29, 1.82) is 0 Å². The van der Waals surface area contributed by atoms with E-state index in [4.69, 9.17) is 0 Å². The molecule has 21 heavy (non-hydrogen) atoms. The van der Waals surface area contributed by atoms with Gasteiger partial charge in [0.1, 0.15) is 0 Å². The molecule has 1 aromatic heterocycles. The molecule has 1 aliphatic carbocycles. The van der Waals surface area contributed by atoms with E-state index in [2.05, 4.69) is 12.2 Å². The first kappa shape index (κ1) is 16.0. The molecular formula is C16H23NO3S. The van der Waals surface area contributed by atoms with E-state index in [1.54, 1.807) is 11.3 Å². The summed E-state index contributed by atoms with van der Waals surface area (Å²) >= 11 is 1.63. The van der Waals surface area contributed by atoms with Gasteiger partial charge in [-0.05, 0) is 30.7 Å². The number of hydrogen-bond donors (Lipinski definition) is 2. The first-order valence-electron chi connectivity index (χ1n) is 7.63. The average Bonchev–Trinajstić information content (AvgIpc) is 3.09. The summed E-state index contributed by atoms with van der Waals surface area (Å²) in [6, 6.07) is 4.01. The Hall–Kier alpha value is -1.36. The van der Waals surface area contributed by atoms with Crippen LogP contribution in [0.4, 0.5) is 0 Å². The number of carboxylic acids is 1. The second-order valence-corrected chi connectivity index (χ2v) is 6.87. The van der Waals surface area contributed by atoms with Crippen molar-refractivity contribution in [1.82, 2.24) is 5.32 Å². The van der Waals surface area contributed by atoms with Crippen molar-refractivity contribution in [3.05, 3.63) is 22.4 Å². The van der Waals surface area contributed by atoms with Crippen LogP contribution >= 0.6 is 11.3 Å². The third-order valence-corrected chi connectivity index (χ3v) is 5.30. The minimum absolute atomic E-state index is 0.00903. The molecule has 4 nitrogen and oxygen atoms in total. The number of thiophene rings is 1. The Bertz CT molecular complexity index is 478. The summed E-state index contributed by atoms with van der Waals surface area (Å²) in [7, 11) is 0. The Morgan fingerprint density at radius 3 is 2.67 bits per heavy atom. The lowest BCUT2D eigenvalue weighted by Crippen LogP contribution is -2.37. The topological polar surface area (TPSA) is 66.4 Å². The number of amides is 1. The van der Waals surface area contributed by atoms with Crippen LogP contribution in [0, 0.1) is 5.41 Å². The number of aliphatic carboxylic acids is 1. The molecule has 2 N–H and O–H groups in total. The molecule has 5 heteroatoms. The minimum Gasteiger partial charge on any atom is -0.481 e. The standard InChI is InChI=1S/C16H23NO3S/c1-2-6-12(13-7-5-10-21-13)17-14(18)11-16(15(19)20)8-3-4-9-16/h5,7,10,12H,2-4,6,8-9,11H2,1H3,(H,17,18)(H,19,20). The monoisotopic (exact) mass is 309 g/mol. The summed E-state index contributed by atoms with van der Waals surface area (Å²) in [6.45, 7) is 2.09. The van der Waals surface area contributed by atoms with Gasteiger partial charge in [-0.3, -0.25) is 9.59 Å². The van der Waals surface area contributed by atoms with Crippen molar-refractivity contribution in [2.75, 3.05) is 0 Å². The zero-order valence-corrected chi connectivity index (χ0v) is 13.2. The fraction of sp³-hybridized carbons (Fsp3) is 0.625. The molecule has 1 unspecified atom stereocenters. The Labute approximate surface area is 129 Å². The van der Waals surface area contributed by atoms with E-state index in [-0.39, 0.29) is 18.4 Å². The van der Waals surface area contributed by atoms with Crippen LogP contribution in [-0.4, -0.2) is 17.0 Å². The molecule has 1 atom stereocenters. The zero-order chi connectivity index (χ0) is 15.3. The molecule has 0 saturated heterocycles. The van der Waals surface area contributed by atoms with Crippen LogP contribution in [0.2, 0.25) is 0 Å². The lowest BCUT2D eigenvalue weighted by molar-refractivity contribution is -0.151. The predicted octanol–water partition coefficient (Wildman–Crippen LogP) is 3.74. The maximum absolute atomic E-state index is 12.3. The van der Waals surface area contributed by atoms with E-state index in [1.807, 2.05) is 17.5 Å². The number of rotatable bonds is 7. The van der Waals surface area contributed by atoms with Crippen LogP contribution in [0.5, 0.6) is 0 Å². The van der Waals surface area contributed by atoms with Crippen molar-refractivity contribution in [2.45, 2.75) is 57.9 Å². The van der Waals surface area contributed by atoms with E-state index in [0.29, 0.717) is 12.8 Å². The molecule has 1 saturated carbocycles. The molecule has 0 bridgehead atoms. The van der Waals surface area contributed by atoms with Crippen LogP contribution in [0.15, 0.2) is 17.5 Å². The highest BCUT2D eigenvalue weighted by Crippen LogP contribution is 2.41. The Morgan fingerprint density at radius 1 is 1.43 bits per heavy atom. The fourth-order valence-corrected chi connectivity index (χ4v) is 3.95. The van der Waals surface area contributed by atoms with Gasteiger partial charge in [0, 0.05) is 11.3 Å². The summed E-state index contributed by atoms with van der Waals surface area (Å²) in [5, 5.41) is 14.5. The summed E-state index contributed by atoms with van der Waals surface area (Å²) in [5.74, 6) is -0.954. The van der Waals surface area contributed by atoms with Gasteiger partial charge in [-0.1, -0.05) is 32.3 Å². The molecule has 0 spiro atoms. The van der Waals surface area contributed by atoms with Crippen molar-refractivity contribution in [3.8, 4) is 0 Å². The number of nitrogens with one attached hydrogen (secondary N) is 1. The SMILES string of the molecule is CCCC(NC(=O)CC1(C(=O)O)CCCC1)c1cccs1. The normalized spacial score (nSPS) is 18.3. The van der Waals surface area contributed by atoms with Gasteiger partial charge in [0.2, 0.25) is 5.91 Å². The lowest BCUT2D eigenvalue weighted by atomic mass is 9.82. The van der Waals surface area contributed by atoms with Crippen LogP contribution in [0.25, 0.3) is 0 Å². The van der Waals surface area contributed by atoms with Gasteiger partial charge >= 0.3 is 5.97 Å². The molecule has 1 heterocycles. The predicted molar refractivity (Wildman–Crippen MR) is 83.3 cm³/mol. The number of carbonyl (C=O) groups is 2. The number of carbonyl (C=O) groups excluding carboxylic acids is 1. The van der Waals surface area contributed by atoms with Crippen molar-refractivity contribution < 1.29 is 14.7 Å². The molecular weight excluding hydrogens is 286 g/mol. The van der Waals surface area contributed by atoms with Gasteiger partial charge < -0.3 is 10.4 Å². The second-order valence-electron chi connectivity index (χ2n) is 5.89. The Balaban J connectivity index is 2.00. The lowest BCUT2D eigenvalue weighted by Gasteiger charge is -2.25. The fourth-order valence-electron chi connectivity index (χ4n) is 3.13. The average molecular weight is 309 g/mol. The maximum Gasteiger partial charge on any atom is 0.310 e. The smallest absolute Gasteiger partial charge is 0.310 e. The largest absolute Gasteiger partial charge is 0.481 e. The van der Waals surface area contributed by atoms with Crippen LogP contribution < -0.4 is 5.32 Å². The molecule has 2 rings (SSSR count). The minimum atomic E-state index is -0.837. The molecule has 0 radical (unpaired) electrons. The van der Waals surface area contributed by atoms with E-state index in [0.717, 1.165) is 30.6 Å². The quantitative estimate of drug-likeness (QED) is 0.806. The summed E-state index contributed by atoms with van der Waals surface area (Å²) < 4.78 is 0. The van der Waals surface area contributed by atoms with E-state index in [1.165, 1.54) is 0 Å². The third-order valence-electron chi connectivity index (χ3n) is 4.31. The van der Waals surface area contributed by atoms with Crippen molar-refractivity contribution in [2.24, 2.45) is 5.41 Å². The first-order chi connectivity index (χ1) is 10.1. The zero-order valence-electron chi connectivity index (χ0n) is 12.4. The summed E-state index contributed by atoms with van der Waals surface area (Å²) in [5.41, 5.74) is -0.837. The van der Waals surface area contributed by atoms with Gasteiger partial charge in [0.15, 0.2) is 0 Å². The van der Waals surface area contributed by atoms with Gasteiger partial charge in [-0.15, -0.1) is 11.3 Å². The molecule has 1 aliphatic rings. The van der Waals surface area contributed by atoms with Crippen LogP contribution in [0.1, 0.15) is 62.8 Å². The van der Waals surface area contributed by atoms with Gasteiger partial charge in [0.05, 0.1) is 11.5 Å². The maximum atomic E-state index is 12.3. The highest BCUT2D eigenvalue weighted by molar-refractivity contribution is 7.10. The van der Waals surface area contributed by atoms with E-state index in [9.17, 15) is 14.7 Å². The van der Waals surface area contributed by atoms with Crippen LogP contribution in [0.3, 0.4) is 0 Å². The molecule has 116 valence electrons.